The summed E-state index contributed by atoms with van der Waals surface area (Å²) < 4.78 is 0. The Hall–Kier alpha value is -0.330. The first-order chi connectivity index (χ1) is 3.86. The minimum atomic E-state index is 0.503. The highest BCUT2D eigenvalue weighted by Crippen LogP contribution is 2.47. The zero-order valence-corrected chi connectivity index (χ0v) is 4.89. The second kappa shape index (κ2) is 1.34. The first-order valence-corrected chi connectivity index (χ1v) is 3.38. The van der Waals surface area contributed by atoms with Crippen molar-refractivity contribution in [1.82, 2.24) is 0 Å². The standard InChI is InChI=1S/C7H10O/c8-7-2-1-5-3-6(5)4-7/h5-6H,1-4H2/t5?,6-/m0/s1. The van der Waals surface area contributed by atoms with E-state index in [-0.39, 0.29) is 0 Å². The smallest absolute Gasteiger partial charge is 0.133 e. The van der Waals surface area contributed by atoms with Crippen molar-refractivity contribution in [3.8, 4) is 0 Å². The second-order valence-electron chi connectivity index (χ2n) is 3.04. The van der Waals surface area contributed by atoms with E-state index in [2.05, 4.69) is 0 Å². The summed E-state index contributed by atoms with van der Waals surface area (Å²) in [6.07, 6.45) is 4.33. The molecule has 0 amide bonds. The van der Waals surface area contributed by atoms with Crippen LogP contribution in [0.25, 0.3) is 0 Å². The number of rotatable bonds is 0. The molecule has 2 saturated carbocycles. The summed E-state index contributed by atoms with van der Waals surface area (Å²) in [6, 6.07) is 0. The third-order valence-corrected chi connectivity index (χ3v) is 2.35. The molecule has 2 aliphatic carbocycles. The van der Waals surface area contributed by atoms with Gasteiger partial charge in [0.25, 0.3) is 0 Å². The molecule has 1 unspecified atom stereocenters. The number of fused-ring (bicyclic) bond motifs is 1. The van der Waals surface area contributed by atoms with Gasteiger partial charge in [-0.1, -0.05) is 0 Å². The molecule has 0 aromatic carbocycles. The van der Waals surface area contributed by atoms with Gasteiger partial charge >= 0.3 is 0 Å². The van der Waals surface area contributed by atoms with E-state index in [4.69, 9.17) is 0 Å². The Bertz CT molecular complexity index is 128. The van der Waals surface area contributed by atoms with E-state index >= 15 is 0 Å². The van der Waals surface area contributed by atoms with Gasteiger partial charge in [0.1, 0.15) is 5.78 Å². The van der Waals surface area contributed by atoms with Gasteiger partial charge in [0, 0.05) is 12.8 Å². The topological polar surface area (TPSA) is 17.1 Å². The Morgan fingerprint density at radius 3 is 2.88 bits per heavy atom. The first kappa shape index (κ1) is 4.54. The van der Waals surface area contributed by atoms with Crippen LogP contribution >= 0.6 is 0 Å². The average molecular weight is 110 g/mol. The van der Waals surface area contributed by atoms with Crippen LogP contribution in [-0.4, -0.2) is 5.78 Å². The molecule has 8 heavy (non-hydrogen) atoms. The minimum absolute atomic E-state index is 0.503. The van der Waals surface area contributed by atoms with Crippen LogP contribution in [-0.2, 0) is 4.79 Å². The predicted molar refractivity (Wildman–Crippen MR) is 30.5 cm³/mol. The van der Waals surface area contributed by atoms with Crippen molar-refractivity contribution in [3.63, 3.8) is 0 Å². The van der Waals surface area contributed by atoms with Crippen molar-refractivity contribution >= 4 is 5.78 Å². The van der Waals surface area contributed by atoms with Crippen LogP contribution in [0.15, 0.2) is 0 Å². The highest BCUT2D eigenvalue weighted by molar-refractivity contribution is 5.80. The number of carbonyl (C=O) groups excluding carboxylic acids is 1. The maximum absolute atomic E-state index is 10.7. The van der Waals surface area contributed by atoms with Gasteiger partial charge in [-0.3, -0.25) is 4.79 Å². The third-order valence-electron chi connectivity index (χ3n) is 2.35. The molecule has 0 heterocycles. The average Bonchev–Trinajstić information content (AvgIpc) is 2.43. The van der Waals surface area contributed by atoms with Gasteiger partial charge in [-0.25, -0.2) is 0 Å². The fourth-order valence-corrected chi connectivity index (χ4v) is 1.65. The molecule has 2 aliphatic rings. The van der Waals surface area contributed by atoms with Gasteiger partial charge in [0.05, 0.1) is 0 Å². The van der Waals surface area contributed by atoms with Crippen LogP contribution in [0.1, 0.15) is 25.7 Å². The first-order valence-electron chi connectivity index (χ1n) is 3.38. The zero-order chi connectivity index (χ0) is 5.56. The fraction of sp³-hybridized carbons (Fsp3) is 0.857. The van der Waals surface area contributed by atoms with Crippen LogP contribution in [0.3, 0.4) is 0 Å². The molecule has 2 fully saturated rings. The Kier molecular flexibility index (Phi) is 0.758. The summed E-state index contributed by atoms with van der Waals surface area (Å²) >= 11 is 0. The summed E-state index contributed by atoms with van der Waals surface area (Å²) in [4.78, 5) is 10.7. The van der Waals surface area contributed by atoms with Crippen LogP contribution < -0.4 is 0 Å². The van der Waals surface area contributed by atoms with Crippen molar-refractivity contribution in [1.29, 1.82) is 0 Å². The van der Waals surface area contributed by atoms with Gasteiger partial charge in [0.2, 0.25) is 0 Å². The Balaban J connectivity index is 2.02. The lowest BCUT2D eigenvalue weighted by Crippen LogP contribution is -2.05. The fourth-order valence-electron chi connectivity index (χ4n) is 1.65. The molecule has 1 heteroatoms. The van der Waals surface area contributed by atoms with E-state index < -0.39 is 0 Å². The lowest BCUT2D eigenvalue weighted by Gasteiger charge is -2.04. The normalized spacial score (nSPS) is 43.8. The molecule has 0 bridgehead atoms. The minimum Gasteiger partial charge on any atom is -0.300 e. The van der Waals surface area contributed by atoms with E-state index in [9.17, 15) is 4.79 Å². The molecule has 0 saturated heterocycles. The van der Waals surface area contributed by atoms with Crippen molar-refractivity contribution in [2.24, 2.45) is 11.8 Å². The molecule has 0 spiro atoms. The lowest BCUT2D eigenvalue weighted by atomic mass is 10.00. The van der Waals surface area contributed by atoms with E-state index in [1.165, 1.54) is 12.8 Å². The number of ketones is 1. The SMILES string of the molecule is O=C1CCC2C[C@H]2C1. The Morgan fingerprint density at radius 2 is 2.25 bits per heavy atom. The molecule has 0 aliphatic heterocycles. The van der Waals surface area contributed by atoms with Crippen molar-refractivity contribution in [3.05, 3.63) is 0 Å². The van der Waals surface area contributed by atoms with Crippen LogP contribution in [0.2, 0.25) is 0 Å². The molecule has 44 valence electrons. The molecular formula is C7H10O. The number of carbonyl (C=O) groups is 1. The number of hydrogen-bond donors (Lipinski definition) is 0. The van der Waals surface area contributed by atoms with Crippen molar-refractivity contribution in [2.75, 3.05) is 0 Å². The molecule has 0 aromatic rings. The summed E-state index contributed by atoms with van der Waals surface area (Å²) in [5.74, 6) is 2.30. The molecule has 2 rings (SSSR count). The molecule has 2 atom stereocenters. The zero-order valence-electron chi connectivity index (χ0n) is 4.89. The Morgan fingerprint density at radius 1 is 1.38 bits per heavy atom. The molecular weight excluding hydrogens is 100 g/mol. The van der Waals surface area contributed by atoms with E-state index in [0.717, 1.165) is 24.7 Å². The molecule has 0 radical (unpaired) electrons. The van der Waals surface area contributed by atoms with Crippen LogP contribution in [0.5, 0.6) is 0 Å². The molecule has 0 aromatic heterocycles. The highest BCUT2D eigenvalue weighted by atomic mass is 16.1. The quantitative estimate of drug-likeness (QED) is 0.460. The van der Waals surface area contributed by atoms with Gasteiger partial charge in [-0.2, -0.15) is 0 Å². The summed E-state index contributed by atoms with van der Waals surface area (Å²) in [5, 5.41) is 0. The summed E-state index contributed by atoms with van der Waals surface area (Å²) in [6.45, 7) is 0. The summed E-state index contributed by atoms with van der Waals surface area (Å²) in [7, 11) is 0. The Labute approximate surface area is 49.1 Å². The van der Waals surface area contributed by atoms with E-state index in [0.29, 0.717) is 5.78 Å². The van der Waals surface area contributed by atoms with Crippen LogP contribution in [0.4, 0.5) is 0 Å². The largest absolute Gasteiger partial charge is 0.300 e. The molecule has 0 N–H and O–H groups in total. The molecule has 1 nitrogen and oxygen atoms in total. The van der Waals surface area contributed by atoms with Gasteiger partial charge in [-0.15, -0.1) is 0 Å². The number of hydrogen-bond acceptors (Lipinski definition) is 1. The lowest BCUT2D eigenvalue weighted by molar-refractivity contribution is -0.120. The monoisotopic (exact) mass is 110 g/mol. The van der Waals surface area contributed by atoms with Crippen molar-refractivity contribution < 1.29 is 4.79 Å². The number of Topliss-reactive ketones (excluding diaryl/α,β-unsaturated/α-hetero) is 1. The van der Waals surface area contributed by atoms with Gasteiger partial charge in [-0.05, 0) is 24.7 Å². The maximum atomic E-state index is 10.7. The van der Waals surface area contributed by atoms with E-state index in [1.54, 1.807) is 0 Å². The summed E-state index contributed by atoms with van der Waals surface area (Å²) in [5.41, 5.74) is 0. The van der Waals surface area contributed by atoms with Crippen molar-refractivity contribution in [2.45, 2.75) is 25.7 Å². The van der Waals surface area contributed by atoms with Gasteiger partial charge in [0.15, 0.2) is 0 Å². The maximum Gasteiger partial charge on any atom is 0.133 e. The second-order valence-corrected chi connectivity index (χ2v) is 3.04. The third kappa shape index (κ3) is 0.575. The van der Waals surface area contributed by atoms with Crippen LogP contribution in [0, 0.1) is 11.8 Å². The highest BCUT2D eigenvalue weighted by Gasteiger charge is 2.41. The predicted octanol–water partition coefficient (Wildman–Crippen LogP) is 1.38. The van der Waals surface area contributed by atoms with E-state index in [1.807, 2.05) is 0 Å². The van der Waals surface area contributed by atoms with Gasteiger partial charge < -0.3 is 0 Å².